The van der Waals surface area contributed by atoms with Gasteiger partial charge in [0.1, 0.15) is 5.69 Å². The van der Waals surface area contributed by atoms with Crippen LogP contribution in [0.5, 0.6) is 0 Å². The van der Waals surface area contributed by atoms with Crippen LogP contribution < -0.4 is 0 Å². The van der Waals surface area contributed by atoms with E-state index in [-0.39, 0.29) is 11.9 Å². The minimum Gasteiger partial charge on any atom is -0.356 e. The van der Waals surface area contributed by atoms with Crippen LogP contribution in [0.2, 0.25) is 0 Å². The van der Waals surface area contributed by atoms with Gasteiger partial charge in [-0.25, -0.2) is 0 Å². The van der Waals surface area contributed by atoms with Crippen LogP contribution in [0.3, 0.4) is 0 Å². The maximum atomic E-state index is 12.4. The molecule has 1 amide bonds. The Balaban J connectivity index is 1.88. The van der Waals surface area contributed by atoms with Crippen LogP contribution >= 0.6 is 15.9 Å². The minimum atomic E-state index is 0.0562. The third-order valence-electron chi connectivity index (χ3n) is 3.48. The average Bonchev–Trinajstić information content (AvgIpc) is 2.97. The summed E-state index contributed by atoms with van der Waals surface area (Å²) in [5.74, 6) is 0.0562. The molecule has 1 aliphatic heterocycles. The molecular formula is C13H14BrN3O. The zero-order valence-corrected chi connectivity index (χ0v) is 11.6. The normalized spacial score (nSPS) is 18.8. The fourth-order valence-electron chi connectivity index (χ4n) is 2.50. The van der Waals surface area contributed by atoms with Crippen molar-refractivity contribution in [3.8, 4) is 0 Å². The van der Waals surface area contributed by atoms with Crippen LogP contribution in [0.4, 0.5) is 0 Å². The van der Waals surface area contributed by atoms with Gasteiger partial charge in [0, 0.05) is 35.6 Å². The van der Waals surface area contributed by atoms with Gasteiger partial charge in [-0.2, -0.15) is 0 Å². The maximum absolute atomic E-state index is 12.4. The summed E-state index contributed by atoms with van der Waals surface area (Å²) in [4.78, 5) is 17.3. The van der Waals surface area contributed by atoms with E-state index in [1.165, 1.54) is 5.69 Å². The van der Waals surface area contributed by atoms with Gasteiger partial charge in [0.2, 0.25) is 0 Å². The first-order chi connectivity index (χ1) is 8.66. The third kappa shape index (κ3) is 1.79. The first-order valence-electron chi connectivity index (χ1n) is 5.97. The number of aromatic amines is 1. The number of H-pyrrole nitrogens is 1. The van der Waals surface area contributed by atoms with Crippen LogP contribution in [0.1, 0.15) is 29.1 Å². The molecule has 5 heteroatoms. The van der Waals surface area contributed by atoms with E-state index in [0.29, 0.717) is 5.69 Å². The number of carbonyl (C=O) groups excluding carboxylic acids is 1. The summed E-state index contributed by atoms with van der Waals surface area (Å²) in [6.07, 6.45) is 3.85. The zero-order valence-electron chi connectivity index (χ0n) is 10.1. The standard InChI is InChI=1S/C13H14BrN3O/c1-9-12-3-2-4-16(12)5-6-17(9)13(18)11-7-10(14)8-15-11/h2-4,7-9,15H,5-6H2,1H3. The Labute approximate surface area is 114 Å². The molecule has 18 heavy (non-hydrogen) atoms. The lowest BCUT2D eigenvalue weighted by Crippen LogP contribution is -2.40. The largest absolute Gasteiger partial charge is 0.356 e. The van der Waals surface area contributed by atoms with Gasteiger partial charge in [-0.1, -0.05) is 0 Å². The fourth-order valence-corrected chi connectivity index (χ4v) is 2.85. The molecule has 2 aromatic rings. The molecule has 1 N–H and O–H groups in total. The summed E-state index contributed by atoms with van der Waals surface area (Å²) in [5, 5.41) is 0. The van der Waals surface area contributed by atoms with E-state index in [1.807, 2.05) is 17.0 Å². The molecule has 0 radical (unpaired) electrons. The lowest BCUT2D eigenvalue weighted by Gasteiger charge is -2.34. The highest BCUT2D eigenvalue weighted by atomic mass is 79.9. The minimum absolute atomic E-state index is 0.0562. The fraction of sp³-hybridized carbons (Fsp3) is 0.308. The molecule has 2 aromatic heterocycles. The highest BCUT2D eigenvalue weighted by molar-refractivity contribution is 9.10. The van der Waals surface area contributed by atoms with E-state index in [2.05, 4.69) is 44.7 Å². The molecule has 1 aliphatic rings. The molecule has 0 bridgehead atoms. The van der Waals surface area contributed by atoms with Gasteiger partial charge in [0.25, 0.3) is 5.91 Å². The van der Waals surface area contributed by atoms with E-state index < -0.39 is 0 Å². The number of halogens is 1. The Kier molecular flexibility index (Phi) is 2.78. The van der Waals surface area contributed by atoms with Crippen molar-refractivity contribution in [3.63, 3.8) is 0 Å². The number of fused-ring (bicyclic) bond motifs is 1. The first kappa shape index (κ1) is 11.6. The number of rotatable bonds is 1. The maximum Gasteiger partial charge on any atom is 0.270 e. The number of carbonyl (C=O) groups is 1. The zero-order chi connectivity index (χ0) is 12.7. The van der Waals surface area contributed by atoms with Crippen LogP contribution in [0.25, 0.3) is 0 Å². The molecule has 0 aliphatic carbocycles. The van der Waals surface area contributed by atoms with Crippen LogP contribution in [0.15, 0.2) is 35.1 Å². The topological polar surface area (TPSA) is 41.0 Å². The van der Waals surface area contributed by atoms with Crippen molar-refractivity contribution in [2.75, 3.05) is 6.54 Å². The first-order valence-corrected chi connectivity index (χ1v) is 6.76. The summed E-state index contributed by atoms with van der Waals surface area (Å²) in [6, 6.07) is 6.05. The number of nitrogens with one attached hydrogen (secondary N) is 1. The number of aromatic nitrogens is 2. The Bertz CT molecular complexity index is 587. The van der Waals surface area contributed by atoms with Crippen LogP contribution in [0, 0.1) is 0 Å². The number of amides is 1. The second kappa shape index (κ2) is 4.31. The van der Waals surface area contributed by atoms with Gasteiger partial charge in [-0.15, -0.1) is 0 Å². The van der Waals surface area contributed by atoms with E-state index in [9.17, 15) is 4.79 Å². The SMILES string of the molecule is CC1c2cccn2CCN1C(=O)c1cc(Br)c[nH]1. The highest BCUT2D eigenvalue weighted by Gasteiger charge is 2.28. The highest BCUT2D eigenvalue weighted by Crippen LogP contribution is 2.27. The smallest absolute Gasteiger partial charge is 0.270 e. The summed E-state index contributed by atoms with van der Waals surface area (Å²) in [5.41, 5.74) is 1.83. The van der Waals surface area contributed by atoms with Gasteiger partial charge in [-0.05, 0) is 41.1 Å². The molecule has 0 saturated heterocycles. The van der Waals surface area contributed by atoms with Crippen molar-refractivity contribution in [1.29, 1.82) is 0 Å². The quantitative estimate of drug-likeness (QED) is 0.865. The molecule has 94 valence electrons. The Morgan fingerprint density at radius 3 is 3.06 bits per heavy atom. The monoisotopic (exact) mass is 307 g/mol. The molecule has 0 spiro atoms. The number of hydrogen-bond donors (Lipinski definition) is 1. The van der Waals surface area contributed by atoms with Gasteiger partial charge in [0.15, 0.2) is 0 Å². The van der Waals surface area contributed by atoms with Crippen molar-refractivity contribution >= 4 is 21.8 Å². The molecule has 4 nitrogen and oxygen atoms in total. The predicted molar refractivity (Wildman–Crippen MR) is 72.4 cm³/mol. The summed E-state index contributed by atoms with van der Waals surface area (Å²) < 4.78 is 3.11. The molecule has 0 saturated carbocycles. The molecule has 0 fully saturated rings. The van der Waals surface area contributed by atoms with Crippen molar-refractivity contribution in [2.45, 2.75) is 19.5 Å². The van der Waals surface area contributed by atoms with E-state index in [1.54, 1.807) is 6.20 Å². The van der Waals surface area contributed by atoms with Crippen molar-refractivity contribution in [3.05, 3.63) is 46.5 Å². The second-order valence-corrected chi connectivity index (χ2v) is 5.45. The molecule has 0 aromatic carbocycles. The summed E-state index contributed by atoms with van der Waals surface area (Å²) in [6.45, 7) is 3.68. The molecule has 3 heterocycles. The molecule has 3 rings (SSSR count). The summed E-state index contributed by atoms with van der Waals surface area (Å²) >= 11 is 3.35. The van der Waals surface area contributed by atoms with Crippen molar-refractivity contribution in [1.82, 2.24) is 14.5 Å². The second-order valence-electron chi connectivity index (χ2n) is 4.53. The molecular weight excluding hydrogens is 294 g/mol. The van der Waals surface area contributed by atoms with Gasteiger partial charge >= 0.3 is 0 Å². The number of nitrogens with zero attached hydrogens (tertiary/aromatic N) is 2. The van der Waals surface area contributed by atoms with Crippen LogP contribution in [-0.4, -0.2) is 26.9 Å². The summed E-state index contributed by atoms with van der Waals surface area (Å²) in [7, 11) is 0. The lowest BCUT2D eigenvalue weighted by molar-refractivity contribution is 0.0638. The van der Waals surface area contributed by atoms with Gasteiger partial charge < -0.3 is 14.5 Å². The third-order valence-corrected chi connectivity index (χ3v) is 3.94. The van der Waals surface area contributed by atoms with E-state index in [0.717, 1.165) is 17.6 Å². The Hall–Kier alpha value is -1.49. The number of hydrogen-bond acceptors (Lipinski definition) is 1. The van der Waals surface area contributed by atoms with Crippen molar-refractivity contribution < 1.29 is 4.79 Å². The Morgan fingerprint density at radius 2 is 2.33 bits per heavy atom. The van der Waals surface area contributed by atoms with E-state index >= 15 is 0 Å². The van der Waals surface area contributed by atoms with Gasteiger partial charge in [0.05, 0.1) is 6.04 Å². The Morgan fingerprint density at radius 1 is 1.50 bits per heavy atom. The average molecular weight is 308 g/mol. The molecule has 1 unspecified atom stereocenters. The molecule has 1 atom stereocenters. The predicted octanol–water partition coefficient (Wildman–Crippen LogP) is 2.80. The van der Waals surface area contributed by atoms with Crippen LogP contribution in [-0.2, 0) is 6.54 Å². The van der Waals surface area contributed by atoms with Gasteiger partial charge in [-0.3, -0.25) is 4.79 Å². The lowest BCUT2D eigenvalue weighted by atomic mass is 10.1. The van der Waals surface area contributed by atoms with Crippen molar-refractivity contribution in [2.24, 2.45) is 0 Å². The van der Waals surface area contributed by atoms with E-state index in [4.69, 9.17) is 0 Å².